The number of carbonyl (C=O) groups is 1. The van der Waals surface area contributed by atoms with E-state index in [1.54, 1.807) is 7.05 Å². The summed E-state index contributed by atoms with van der Waals surface area (Å²) in [5.74, 6) is 1.89. The van der Waals surface area contributed by atoms with E-state index in [-0.39, 0.29) is 12.0 Å². The zero-order valence-corrected chi connectivity index (χ0v) is 19.1. The molecule has 1 amide bonds. The van der Waals surface area contributed by atoms with E-state index in [1.807, 2.05) is 24.8 Å². The maximum atomic E-state index is 11.9. The predicted molar refractivity (Wildman–Crippen MR) is 125 cm³/mol. The van der Waals surface area contributed by atoms with Gasteiger partial charge in [-0.15, -0.1) is 0 Å². The molecule has 0 saturated carbocycles. The summed E-state index contributed by atoms with van der Waals surface area (Å²) in [5, 5.41) is 6.75. The van der Waals surface area contributed by atoms with Crippen molar-refractivity contribution in [2.75, 3.05) is 13.6 Å². The fourth-order valence-electron chi connectivity index (χ4n) is 3.69. The SMILES string of the molecule is CN=C(NCc1cccc(CN2CCCC2=O)c1)NCc1ccc(C)cc1OC(C)C. The quantitative estimate of drug-likeness (QED) is 0.502. The number of amides is 1. The van der Waals surface area contributed by atoms with Crippen LogP contribution in [0, 0.1) is 6.92 Å². The highest BCUT2D eigenvalue weighted by Crippen LogP contribution is 2.21. The largest absolute Gasteiger partial charge is 0.491 e. The van der Waals surface area contributed by atoms with Crippen LogP contribution in [0.25, 0.3) is 0 Å². The summed E-state index contributed by atoms with van der Waals surface area (Å²) in [4.78, 5) is 18.2. The predicted octanol–water partition coefficient (Wildman–Crippen LogP) is 3.77. The fraction of sp³-hybridized carbons (Fsp3) is 0.440. The first kappa shape index (κ1) is 22.7. The average molecular weight is 423 g/mol. The Kier molecular flexibility index (Phi) is 7.93. The van der Waals surface area contributed by atoms with Gasteiger partial charge in [-0.25, -0.2) is 0 Å². The third-order valence-corrected chi connectivity index (χ3v) is 5.25. The van der Waals surface area contributed by atoms with Gasteiger partial charge >= 0.3 is 0 Å². The maximum absolute atomic E-state index is 11.9. The third-order valence-electron chi connectivity index (χ3n) is 5.25. The third kappa shape index (κ3) is 6.74. The molecule has 0 aromatic heterocycles. The van der Waals surface area contributed by atoms with Crippen molar-refractivity contribution in [2.45, 2.75) is 59.4 Å². The first-order valence-electron chi connectivity index (χ1n) is 11.0. The molecule has 2 N–H and O–H groups in total. The molecule has 166 valence electrons. The number of rotatable bonds is 8. The molecule has 1 fully saturated rings. The summed E-state index contributed by atoms with van der Waals surface area (Å²) in [6.07, 6.45) is 1.77. The van der Waals surface area contributed by atoms with Crippen LogP contribution in [0.15, 0.2) is 47.5 Å². The second kappa shape index (κ2) is 10.8. The van der Waals surface area contributed by atoms with E-state index in [0.29, 0.717) is 26.1 Å². The van der Waals surface area contributed by atoms with Crippen LogP contribution in [0.3, 0.4) is 0 Å². The van der Waals surface area contributed by atoms with E-state index in [2.05, 4.69) is 58.9 Å². The van der Waals surface area contributed by atoms with Crippen molar-refractivity contribution in [3.8, 4) is 5.75 Å². The molecule has 0 unspecified atom stereocenters. The second-order valence-electron chi connectivity index (χ2n) is 8.30. The topological polar surface area (TPSA) is 66.0 Å². The summed E-state index contributed by atoms with van der Waals surface area (Å²) in [5.41, 5.74) is 4.59. The molecule has 6 nitrogen and oxygen atoms in total. The maximum Gasteiger partial charge on any atom is 0.222 e. The van der Waals surface area contributed by atoms with Gasteiger partial charge in [0, 0.05) is 45.2 Å². The van der Waals surface area contributed by atoms with Crippen LogP contribution in [-0.2, 0) is 24.4 Å². The molecule has 1 aliphatic heterocycles. The molecule has 1 heterocycles. The highest BCUT2D eigenvalue weighted by molar-refractivity contribution is 5.79. The standard InChI is InChI=1S/C25H34N4O2/c1-18(2)31-23-13-19(3)10-11-22(23)16-28-25(26-4)27-15-20-7-5-8-21(14-20)17-29-12-6-9-24(29)30/h5,7-8,10-11,13-14,18H,6,9,12,15-17H2,1-4H3,(H2,26,27,28). The molecule has 0 atom stereocenters. The van der Waals surface area contributed by atoms with Crippen molar-refractivity contribution in [1.29, 1.82) is 0 Å². The molecule has 2 aromatic rings. The number of aryl methyl sites for hydroxylation is 1. The Hall–Kier alpha value is -3.02. The van der Waals surface area contributed by atoms with Crippen molar-refractivity contribution in [2.24, 2.45) is 4.99 Å². The summed E-state index contributed by atoms with van der Waals surface area (Å²) < 4.78 is 5.97. The van der Waals surface area contributed by atoms with Gasteiger partial charge in [-0.1, -0.05) is 36.4 Å². The Morgan fingerprint density at radius 3 is 2.61 bits per heavy atom. The van der Waals surface area contributed by atoms with Crippen LogP contribution in [0.1, 0.15) is 48.9 Å². The van der Waals surface area contributed by atoms with Crippen LogP contribution in [0.4, 0.5) is 0 Å². The second-order valence-corrected chi connectivity index (χ2v) is 8.30. The highest BCUT2D eigenvalue weighted by atomic mass is 16.5. The molecule has 0 spiro atoms. The van der Waals surface area contributed by atoms with Crippen molar-refractivity contribution < 1.29 is 9.53 Å². The van der Waals surface area contributed by atoms with Gasteiger partial charge < -0.3 is 20.3 Å². The normalized spacial score (nSPS) is 14.3. The lowest BCUT2D eigenvalue weighted by Gasteiger charge is -2.18. The number of carbonyl (C=O) groups excluding carboxylic acids is 1. The number of ether oxygens (including phenoxy) is 1. The minimum Gasteiger partial charge on any atom is -0.491 e. The molecule has 0 bridgehead atoms. The van der Waals surface area contributed by atoms with Crippen LogP contribution < -0.4 is 15.4 Å². The Labute approximate surface area is 185 Å². The molecule has 2 aromatic carbocycles. The van der Waals surface area contributed by atoms with E-state index in [1.165, 1.54) is 5.56 Å². The molecule has 0 aliphatic carbocycles. The van der Waals surface area contributed by atoms with Gasteiger partial charge in [0.05, 0.1) is 6.10 Å². The zero-order valence-electron chi connectivity index (χ0n) is 19.1. The van der Waals surface area contributed by atoms with Crippen LogP contribution >= 0.6 is 0 Å². The number of guanidine groups is 1. The van der Waals surface area contributed by atoms with E-state index in [4.69, 9.17) is 4.74 Å². The number of aliphatic imine (C=N–C) groups is 1. The number of benzene rings is 2. The van der Waals surface area contributed by atoms with Gasteiger partial charge in [-0.2, -0.15) is 0 Å². The van der Waals surface area contributed by atoms with Crippen molar-refractivity contribution in [3.63, 3.8) is 0 Å². The molecule has 6 heteroatoms. The Morgan fingerprint density at radius 1 is 1.13 bits per heavy atom. The van der Waals surface area contributed by atoms with Gasteiger partial charge in [0.15, 0.2) is 5.96 Å². The van der Waals surface area contributed by atoms with Gasteiger partial charge in [-0.05, 0) is 49.9 Å². The zero-order chi connectivity index (χ0) is 22.2. The van der Waals surface area contributed by atoms with Gasteiger partial charge in [-0.3, -0.25) is 9.79 Å². The fourth-order valence-corrected chi connectivity index (χ4v) is 3.69. The summed E-state index contributed by atoms with van der Waals surface area (Å²) >= 11 is 0. The minimum absolute atomic E-state index is 0.126. The van der Waals surface area contributed by atoms with Crippen LogP contribution in [-0.4, -0.2) is 36.5 Å². The Balaban J connectivity index is 1.55. The number of hydrogen-bond acceptors (Lipinski definition) is 3. The minimum atomic E-state index is 0.126. The lowest BCUT2D eigenvalue weighted by atomic mass is 10.1. The van der Waals surface area contributed by atoms with E-state index in [9.17, 15) is 4.79 Å². The summed E-state index contributed by atoms with van der Waals surface area (Å²) in [6.45, 7) is 8.97. The number of nitrogens with zero attached hydrogens (tertiary/aromatic N) is 2. The number of nitrogens with one attached hydrogen (secondary N) is 2. The molecule has 1 aliphatic rings. The van der Waals surface area contributed by atoms with Crippen LogP contribution in [0.2, 0.25) is 0 Å². The molecule has 1 saturated heterocycles. The smallest absolute Gasteiger partial charge is 0.222 e. The first-order valence-corrected chi connectivity index (χ1v) is 11.0. The Morgan fingerprint density at radius 2 is 1.90 bits per heavy atom. The van der Waals surface area contributed by atoms with Crippen molar-refractivity contribution >= 4 is 11.9 Å². The summed E-state index contributed by atoms with van der Waals surface area (Å²) in [6, 6.07) is 14.6. The van der Waals surface area contributed by atoms with Crippen molar-refractivity contribution in [1.82, 2.24) is 15.5 Å². The van der Waals surface area contributed by atoms with Crippen LogP contribution in [0.5, 0.6) is 5.75 Å². The Bertz CT molecular complexity index is 923. The lowest BCUT2D eigenvalue weighted by molar-refractivity contribution is -0.128. The number of hydrogen-bond donors (Lipinski definition) is 2. The lowest BCUT2D eigenvalue weighted by Crippen LogP contribution is -2.36. The molecular formula is C25H34N4O2. The van der Waals surface area contributed by atoms with E-state index >= 15 is 0 Å². The number of likely N-dealkylation sites (tertiary alicyclic amines) is 1. The summed E-state index contributed by atoms with van der Waals surface area (Å²) in [7, 11) is 1.77. The van der Waals surface area contributed by atoms with E-state index < -0.39 is 0 Å². The van der Waals surface area contributed by atoms with Gasteiger partial charge in [0.1, 0.15) is 5.75 Å². The monoisotopic (exact) mass is 422 g/mol. The first-order chi connectivity index (χ1) is 14.9. The molecule has 3 rings (SSSR count). The molecule has 0 radical (unpaired) electrons. The van der Waals surface area contributed by atoms with Gasteiger partial charge in [0.2, 0.25) is 5.91 Å². The highest BCUT2D eigenvalue weighted by Gasteiger charge is 2.19. The van der Waals surface area contributed by atoms with Gasteiger partial charge in [0.25, 0.3) is 0 Å². The molecule has 31 heavy (non-hydrogen) atoms. The van der Waals surface area contributed by atoms with Crippen molar-refractivity contribution in [3.05, 3.63) is 64.7 Å². The molecular weight excluding hydrogens is 388 g/mol. The average Bonchev–Trinajstić information content (AvgIpc) is 3.13. The van der Waals surface area contributed by atoms with E-state index in [0.717, 1.165) is 41.4 Å².